The molecule has 1 aromatic carbocycles. The van der Waals surface area contributed by atoms with Gasteiger partial charge in [-0.25, -0.2) is 0 Å². The van der Waals surface area contributed by atoms with Crippen LogP contribution in [0.4, 0.5) is 5.69 Å². The van der Waals surface area contributed by atoms with E-state index in [1.807, 2.05) is 18.2 Å². The number of nitrogens with two attached hydrogens (primary N) is 1. The van der Waals surface area contributed by atoms with Crippen molar-refractivity contribution in [3.05, 3.63) is 24.4 Å². The molecule has 2 rings (SSSR count). The van der Waals surface area contributed by atoms with E-state index in [9.17, 15) is 0 Å². The lowest BCUT2D eigenvalue weighted by atomic mass is 10.2. The van der Waals surface area contributed by atoms with Gasteiger partial charge in [-0.15, -0.1) is 0 Å². The summed E-state index contributed by atoms with van der Waals surface area (Å²) in [7, 11) is 3.22. The Bertz CT molecular complexity index is 497. The molecule has 0 fully saturated rings. The molecule has 4 nitrogen and oxygen atoms in total. The highest BCUT2D eigenvalue weighted by Gasteiger charge is 2.06. The van der Waals surface area contributed by atoms with Crippen LogP contribution in [0.1, 0.15) is 0 Å². The highest BCUT2D eigenvalue weighted by Crippen LogP contribution is 2.30. The summed E-state index contributed by atoms with van der Waals surface area (Å²) in [6.45, 7) is 0. The van der Waals surface area contributed by atoms with E-state index in [1.54, 1.807) is 20.4 Å². The molecule has 0 bridgehead atoms. The van der Waals surface area contributed by atoms with Crippen LogP contribution < -0.4 is 15.2 Å². The highest BCUT2D eigenvalue weighted by molar-refractivity contribution is 5.88. The molecule has 0 atom stereocenters. The zero-order chi connectivity index (χ0) is 10.8. The fraction of sp³-hybridized carbons (Fsp3) is 0.182. The quantitative estimate of drug-likeness (QED) is 0.810. The van der Waals surface area contributed by atoms with Crippen molar-refractivity contribution in [3.8, 4) is 11.5 Å². The molecule has 4 heteroatoms. The van der Waals surface area contributed by atoms with Crippen LogP contribution in [0.5, 0.6) is 11.5 Å². The van der Waals surface area contributed by atoms with E-state index >= 15 is 0 Å². The first-order chi connectivity index (χ1) is 7.24. The predicted molar refractivity (Wildman–Crippen MR) is 59.3 cm³/mol. The molecule has 2 N–H and O–H groups in total. The van der Waals surface area contributed by atoms with Crippen LogP contribution in [0.2, 0.25) is 0 Å². The molecule has 0 aliphatic heterocycles. The third-order valence-corrected chi connectivity index (χ3v) is 2.21. The number of ether oxygens (including phenoxy) is 2. The molecule has 1 heterocycles. The highest BCUT2D eigenvalue weighted by atomic mass is 16.5. The fourth-order valence-corrected chi connectivity index (χ4v) is 1.47. The minimum absolute atomic E-state index is 0.617. The molecule has 0 spiro atoms. The second kappa shape index (κ2) is 3.65. The average molecular weight is 204 g/mol. The van der Waals surface area contributed by atoms with Crippen LogP contribution in [0.3, 0.4) is 0 Å². The first-order valence-corrected chi connectivity index (χ1v) is 4.52. The average Bonchev–Trinajstić information content (AvgIpc) is 2.27. The monoisotopic (exact) mass is 204 g/mol. The Kier molecular flexibility index (Phi) is 2.33. The number of fused-ring (bicyclic) bond motifs is 1. The summed E-state index contributed by atoms with van der Waals surface area (Å²) < 4.78 is 10.4. The molecule has 2 aromatic rings. The Morgan fingerprint density at radius 2 is 1.93 bits per heavy atom. The fourth-order valence-electron chi connectivity index (χ4n) is 1.47. The van der Waals surface area contributed by atoms with Gasteiger partial charge in [0.15, 0.2) is 0 Å². The van der Waals surface area contributed by atoms with Crippen molar-refractivity contribution < 1.29 is 9.47 Å². The lowest BCUT2D eigenvalue weighted by Crippen LogP contribution is -1.92. The largest absolute Gasteiger partial charge is 0.497 e. The Balaban J connectivity index is 2.75. The number of nitrogen functional groups attached to an aromatic ring is 1. The number of nitrogens with zero attached hydrogens (tertiary/aromatic N) is 1. The molecule has 0 unspecified atom stereocenters. The Labute approximate surface area is 87.6 Å². The van der Waals surface area contributed by atoms with Crippen LogP contribution in [-0.4, -0.2) is 19.2 Å². The molecule has 0 saturated heterocycles. The molecule has 0 saturated carbocycles. The van der Waals surface area contributed by atoms with Crippen molar-refractivity contribution >= 4 is 16.6 Å². The van der Waals surface area contributed by atoms with Crippen molar-refractivity contribution in [2.45, 2.75) is 0 Å². The van der Waals surface area contributed by atoms with Gasteiger partial charge >= 0.3 is 0 Å². The van der Waals surface area contributed by atoms with Crippen LogP contribution in [0, 0.1) is 0 Å². The number of methoxy groups -OCH3 is 2. The zero-order valence-corrected chi connectivity index (χ0v) is 8.65. The molecular weight excluding hydrogens is 192 g/mol. The number of hydrogen-bond acceptors (Lipinski definition) is 4. The molecule has 0 aliphatic carbocycles. The minimum Gasteiger partial charge on any atom is -0.497 e. The van der Waals surface area contributed by atoms with E-state index in [2.05, 4.69) is 4.98 Å². The molecule has 78 valence electrons. The summed E-state index contributed by atoms with van der Waals surface area (Å²) in [5.74, 6) is 1.43. The van der Waals surface area contributed by atoms with E-state index in [-0.39, 0.29) is 0 Å². The number of rotatable bonds is 2. The molecule has 0 aliphatic rings. The van der Waals surface area contributed by atoms with E-state index in [1.165, 1.54) is 0 Å². The second-order valence-corrected chi connectivity index (χ2v) is 3.16. The number of benzene rings is 1. The molecule has 0 amide bonds. The second-order valence-electron chi connectivity index (χ2n) is 3.16. The lowest BCUT2D eigenvalue weighted by Gasteiger charge is -2.08. The summed E-state index contributed by atoms with van der Waals surface area (Å²) >= 11 is 0. The van der Waals surface area contributed by atoms with Crippen molar-refractivity contribution in [2.75, 3.05) is 20.0 Å². The Morgan fingerprint density at radius 3 is 2.60 bits per heavy atom. The van der Waals surface area contributed by atoms with Gasteiger partial charge < -0.3 is 15.2 Å². The smallest absolute Gasteiger partial charge is 0.132 e. The van der Waals surface area contributed by atoms with Crippen molar-refractivity contribution in [2.24, 2.45) is 0 Å². The maximum atomic E-state index is 5.67. The van der Waals surface area contributed by atoms with E-state index in [0.717, 1.165) is 16.7 Å². The number of hydrogen-bond donors (Lipinski definition) is 1. The third kappa shape index (κ3) is 1.66. The van der Waals surface area contributed by atoms with Gasteiger partial charge in [-0.2, -0.15) is 0 Å². The lowest BCUT2D eigenvalue weighted by molar-refractivity contribution is 0.398. The number of aromatic nitrogens is 1. The first-order valence-electron chi connectivity index (χ1n) is 4.52. The van der Waals surface area contributed by atoms with Crippen LogP contribution in [-0.2, 0) is 0 Å². The van der Waals surface area contributed by atoms with Gasteiger partial charge in [0.1, 0.15) is 11.5 Å². The molecular formula is C11H12N2O2. The molecule has 0 radical (unpaired) electrons. The number of pyridine rings is 1. The van der Waals surface area contributed by atoms with Gasteiger partial charge in [-0.3, -0.25) is 4.98 Å². The van der Waals surface area contributed by atoms with Gasteiger partial charge in [0.2, 0.25) is 0 Å². The van der Waals surface area contributed by atoms with Gasteiger partial charge in [0.05, 0.1) is 31.6 Å². The van der Waals surface area contributed by atoms with Crippen LogP contribution in [0.25, 0.3) is 10.9 Å². The topological polar surface area (TPSA) is 57.4 Å². The van der Waals surface area contributed by atoms with E-state index in [0.29, 0.717) is 11.4 Å². The summed E-state index contributed by atoms with van der Waals surface area (Å²) in [6, 6.07) is 5.49. The maximum absolute atomic E-state index is 5.67. The maximum Gasteiger partial charge on any atom is 0.132 e. The Hall–Kier alpha value is -1.97. The van der Waals surface area contributed by atoms with E-state index in [4.69, 9.17) is 15.2 Å². The van der Waals surface area contributed by atoms with Gasteiger partial charge in [0, 0.05) is 17.5 Å². The van der Waals surface area contributed by atoms with Crippen molar-refractivity contribution in [1.82, 2.24) is 4.98 Å². The van der Waals surface area contributed by atoms with Gasteiger partial charge in [0.25, 0.3) is 0 Å². The molecule has 15 heavy (non-hydrogen) atoms. The van der Waals surface area contributed by atoms with Gasteiger partial charge in [-0.05, 0) is 6.07 Å². The predicted octanol–water partition coefficient (Wildman–Crippen LogP) is 1.83. The number of anilines is 1. The Morgan fingerprint density at radius 1 is 1.13 bits per heavy atom. The standard InChI is InChI=1S/C11H12N2O2/c1-14-8-4-10-9(11(5-8)15-2)3-7(12)6-13-10/h3-6H,12H2,1-2H3. The SMILES string of the molecule is COc1cc(OC)c2cc(N)cnc2c1. The molecule has 1 aromatic heterocycles. The summed E-state index contributed by atoms with van der Waals surface area (Å²) in [6.07, 6.45) is 1.61. The van der Waals surface area contributed by atoms with Crippen LogP contribution in [0.15, 0.2) is 24.4 Å². The minimum atomic E-state index is 0.617. The zero-order valence-electron chi connectivity index (χ0n) is 8.65. The van der Waals surface area contributed by atoms with E-state index < -0.39 is 0 Å². The normalized spacial score (nSPS) is 10.3. The summed E-state index contributed by atoms with van der Waals surface area (Å²) in [5, 5.41) is 0.887. The summed E-state index contributed by atoms with van der Waals surface area (Å²) in [4.78, 5) is 4.21. The van der Waals surface area contributed by atoms with Gasteiger partial charge in [-0.1, -0.05) is 0 Å². The third-order valence-electron chi connectivity index (χ3n) is 2.21. The van der Waals surface area contributed by atoms with Crippen LogP contribution >= 0.6 is 0 Å². The van der Waals surface area contributed by atoms with Crippen molar-refractivity contribution in [1.29, 1.82) is 0 Å². The van der Waals surface area contributed by atoms with Crippen molar-refractivity contribution in [3.63, 3.8) is 0 Å². The summed E-state index contributed by atoms with van der Waals surface area (Å²) in [5.41, 5.74) is 7.09. The first kappa shape index (κ1) is 9.58.